The predicted molar refractivity (Wildman–Crippen MR) is 93.5 cm³/mol. The van der Waals surface area contributed by atoms with E-state index in [0.717, 1.165) is 5.56 Å². The summed E-state index contributed by atoms with van der Waals surface area (Å²) in [6.45, 7) is 8.69. The van der Waals surface area contributed by atoms with Crippen LogP contribution >= 0.6 is 0 Å². The maximum atomic E-state index is 12.4. The van der Waals surface area contributed by atoms with Crippen molar-refractivity contribution in [1.29, 1.82) is 0 Å². The number of hydrogen-bond acceptors (Lipinski definition) is 3. The Bertz CT molecular complexity index is 558. The summed E-state index contributed by atoms with van der Waals surface area (Å²) in [5.74, 6) is 0.0186. The molecule has 1 fully saturated rings. The third-order valence-corrected chi connectivity index (χ3v) is 4.18. The van der Waals surface area contributed by atoms with Gasteiger partial charge in [-0.15, -0.1) is 0 Å². The molecule has 1 aliphatic rings. The van der Waals surface area contributed by atoms with Crippen molar-refractivity contribution < 1.29 is 14.3 Å². The minimum absolute atomic E-state index is 0.0115. The topological polar surface area (TPSA) is 58.6 Å². The fraction of sp³-hybridized carbons (Fsp3) is 0.579. The van der Waals surface area contributed by atoms with E-state index in [1.54, 1.807) is 4.90 Å². The molecule has 2 rings (SSSR count). The first-order valence-corrected chi connectivity index (χ1v) is 8.59. The van der Waals surface area contributed by atoms with E-state index in [4.69, 9.17) is 4.74 Å². The first kappa shape index (κ1) is 18.3. The summed E-state index contributed by atoms with van der Waals surface area (Å²) in [5, 5.41) is 3.07. The highest BCUT2D eigenvalue weighted by molar-refractivity contribution is 5.79. The molecule has 5 heteroatoms. The molecular weight excluding hydrogens is 304 g/mol. The van der Waals surface area contributed by atoms with Crippen molar-refractivity contribution in [1.82, 2.24) is 10.2 Å². The highest BCUT2D eigenvalue weighted by Crippen LogP contribution is 2.21. The van der Waals surface area contributed by atoms with Gasteiger partial charge in [-0.3, -0.25) is 4.79 Å². The van der Waals surface area contributed by atoms with Crippen LogP contribution in [0, 0.1) is 5.92 Å². The standard InChI is InChI=1S/C19H28N2O3/c1-14(15-8-6-5-7-9-15)20-17(22)16-10-12-21(13-11-16)18(23)24-19(2,3)4/h5-9,14,16H,10-13H2,1-4H3,(H,20,22)/t14-/m0/s1. The zero-order valence-electron chi connectivity index (χ0n) is 15.0. The Balaban J connectivity index is 1.81. The number of carbonyl (C=O) groups is 2. The molecule has 0 aliphatic carbocycles. The van der Waals surface area contributed by atoms with Crippen LogP contribution in [0.1, 0.15) is 52.1 Å². The second kappa shape index (κ2) is 7.69. The number of likely N-dealkylation sites (tertiary alicyclic amines) is 1. The van der Waals surface area contributed by atoms with E-state index >= 15 is 0 Å². The molecule has 5 nitrogen and oxygen atoms in total. The van der Waals surface area contributed by atoms with Crippen LogP contribution in [0.15, 0.2) is 30.3 Å². The fourth-order valence-electron chi connectivity index (χ4n) is 2.81. The molecule has 1 aromatic rings. The van der Waals surface area contributed by atoms with Crippen molar-refractivity contribution in [3.8, 4) is 0 Å². The fourth-order valence-corrected chi connectivity index (χ4v) is 2.81. The minimum atomic E-state index is -0.490. The van der Waals surface area contributed by atoms with E-state index < -0.39 is 5.60 Å². The molecule has 1 aliphatic heterocycles. The molecule has 1 aromatic carbocycles. The lowest BCUT2D eigenvalue weighted by Crippen LogP contribution is -2.45. The Morgan fingerprint density at radius 1 is 1.17 bits per heavy atom. The molecule has 24 heavy (non-hydrogen) atoms. The smallest absolute Gasteiger partial charge is 0.410 e. The van der Waals surface area contributed by atoms with E-state index in [2.05, 4.69) is 5.32 Å². The number of benzene rings is 1. The van der Waals surface area contributed by atoms with Gasteiger partial charge in [0.05, 0.1) is 6.04 Å². The van der Waals surface area contributed by atoms with Gasteiger partial charge in [-0.1, -0.05) is 30.3 Å². The lowest BCUT2D eigenvalue weighted by molar-refractivity contribution is -0.127. The van der Waals surface area contributed by atoms with Gasteiger partial charge in [-0.25, -0.2) is 4.79 Å². The number of piperidine rings is 1. The van der Waals surface area contributed by atoms with Crippen molar-refractivity contribution in [3.05, 3.63) is 35.9 Å². The highest BCUT2D eigenvalue weighted by atomic mass is 16.6. The van der Waals surface area contributed by atoms with Crippen LogP contribution < -0.4 is 5.32 Å². The van der Waals surface area contributed by atoms with Crippen LogP contribution in [0.3, 0.4) is 0 Å². The van der Waals surface area contributed by atoms with Crippen molar-refractivity contribution in [3.63, 3.8) is 0 Å². The molecule has 0 bridgehead atoms. The monoisotopic (exact) mass is 332 g/mol. The van der Waals surface area contributed by atoms with Gasteiger partial charge in [0, 0.05) is 19.0 Å². The SMILES string of the molecule is C[C@H](NC(=O)C1CCN(C(=O)OC(C)(C)C)CC1)c1ccccc1. The van der Waals surface area contributed by atoms with Crippen LogP contribution in [0.25, 0.3) is 0 Å². The van der Waals surface area contributed by atoms with Gasteiger partial charge in [-0.2, -0.15) is 0 Å². The van der Waals surface area contributed by atoms with Gasteiger partial charge >= 0.3 is 6.09 Å². The van der Waals surface area contributed by atoms with E-state index in [1.165, 1.54) is 0 Å². The number of carbonyl (C=O) groups excluding carboxylic acids is 2. The molecule has 0 radical (unpaired) electrons. The van der Waals surface area contributed by atoms with Gasteiger partial charge in [0.1, 0.15) is 5.60 Å². The first-order chi connectivity index (χ1) is 11.3. The molecule has 0 spiro atoms. The Morgan fingerprint density at radius 3 is 2.29 bits per heavy atom. The number of rotatable bonds is 3. The van der Waals surface area contributed by atoms with Gasteiger partial charge < -0.3 is 15.0 Å². The lowest BCUT2D eigenvalue weighted by atomic mass is 9.95. The van der Waals surface area contributed by atoms with Crippen LogP contribution in [0.2, 0.25) is 0 Å². The van der Waals surface area contributed by atoms with Crippen molar-refractivity contribution in [2.24, 2.45) is 5.92 Å². The molecule has 0 saturated carbocycles. The van der Waals surface area contributed by atoms with Gasteiger partial charge in [0.2, 0.25) is 5.91 Å². The zero-order valence-corrected chi connectivity index (χ0v) is 15.0. The molecular formula is C19H28N2O3. The summed E-state index contributed by atoms with van der Waals surface area (Å²) in [4.78, 5) is 26.2. The quantitative estimate of drug-likeness (QED) is 0.921. The van der Waals surface area contributed by atoms with Crippen LogP contribution in [0.5, 0.6) is 0 Å². The summed E-state index contributed by atoms with van der Waals surface area (Å²) >= 11 is 0. The normalized spacial score (nSPS) is 17.2. The van der Waals surface area contributed by atoms with Gasteiger partial charge in [-0.05, 0) is 46.1 Å². The number of nitrogens with zero attached hydrogens (tertiary/aromatic N) is 1. The molecule has 0 unspecified atom stereocenters. The third-order valence-electron chi connectivity index (χ3n) is 4.18. The number of ether oxygens (including phenoxy) is 1. The summed E-state index contributed by atoms with van der Waals surface area (Å²) in [6, 6.07) is 9.91. The number of nitrogens with one attached hydrogen (secondary N) is 1. The average molecular weight is 332 g/mol. The maximum Gasteiger partial charge on any atom is 0.410 e. The van der Waals surface area contributed by atoms with Crippen LogP contribution in [-0.2, 0) is 9.53 Å². The summed E-state index contributed by atoms with van der Waals surface area (Å²) < 4.78 is 5.38. The van der Waals surface area contributed by atoms with E-state index in [-0.39, 0.29) is 24.0 Å². The predicted octanol–water partition coefficient (Wildman–Crippen LogP) is 3.51. The first-order valence-electron chi connectivity index (χ1n) is 8.59. The van der Waals surface area contributed by atoms with E-state index in [1.807, 2.05) is 58.0 Å². The minimum Gasteiger partial charge on any atom is -0.444 e. The second-order valence-corrected chi connectivity index (χ2v) is 7.38. The van der Waals surface area contributed by atoms with Crippen LogP contribution in [0.4, 0.5) is 4.79 Å². The number of hydrogen-bond donors (Lipinski definition) is 1. The molecule has 1 saturated heterocycles. The zero-order chi connectivity index (χ0) is 17.7. The largest absolute Gasteiger partial charge is 0.444 e. The lowest BCUT2D eigenvalue weighted by Gasteiger charge is -2.33. The summed E-state index contributed by atoms with van der Waals surface area (Å²) in [7, 11) is 0. The third kappa shape index (κ3) is 5.25. The maximum absolute atomic E-state index is 12.4. The Kier molecular flexibility index (Phi) is 5.86. The molecule has 0 aromatic heterocycles. The molecule has 1 atom stereocenters. The Morgan fingerprint density at radius 2 is 1.75 bits per heavy atom. The van der Waals surface area contributed by atoms with E-state index in [9.17, 15) is 9.59 Å². The highest BCUT2D eigenvalue weighted by Gasteiger charge is 2.30. The van der Waals surface area contributed by atoms with Gasteiger partial charge in [0.25, 0.3) is 0 Å². The number of amides is 2. The second-order valence-electron chi connectivity index (χ2n) is 7.38. The summed E-state index contributed by atoms with van der Waals surface area (Å²) in [5.41, 5.74) is 0.605. The van der Waals surface area contributed by atoms with Gasteiger partial charge in [0.15, 0.2) is 0 Å². The Hall–Kier alpha value is -2.04. The van der Waals surface area contributed by atoms with E-state index in [0.29, 0.717) is 25.9 Å². The summed E-state index contributed by atoms with van der Waals surface area (Å²) in [6.07, 6.45) is 1.05. The molecule has 1 N–H and O–H groups in total. The van der Waals surface area contributed by atoms with Crippen molar-refractivity contribution in [2.75, 3.05) is 13.1 Å². The van der Waals surface area contributed by atoms with Crippen LogP contribution in [-0.4, -0.2) is 35.6 Å². The molecule has 1 heterocycles. The molecule has 2 amide bonds. The average Bonchev–Trinajstić information content (AvgIpc) is 2.54. The Labute approximate surface area is 144 Å². The van der Waals surface area contributed by atoms with Crippen molar-refractivity contribution in [2.45, 2.75) is 52.2 Å². The van der Waals surface area contributed by atoms with Crippen molar-refractivity contribution >= 4 is 12.0 Å². The molecule has 132 valence electrons.